The molecule has 0 radical (unpaired) electrons. The summed E-state index contributed by atoms with van der Waals surface area (Å²) in [4.78, 5) is 25.1. The third kappa shape index (κ3) is 2.95. The molecule has 0 saturated carbocycles. The van der Waals surface area contributed by atoms with Gasteiger partial charge in [-0.2, -0.15) is 0 Å². The number of amides is 2. The first-order chi connectivity index (χ1) is 9.13. The van der Waals surface area contributed by atoms with E-state index in [-0.39, 0.29) is 5.91 Å². The molecule has 2 N–H and O–H groups in total. The van der Waals surface area contributed by atoms with Crippen molar-refractivity contribution < 1.29 is 9.59 Å². The molecule has 1 heterocycles. The summed E-state index contributed by atoms with van der Waals surface area (Å²) >= 11 is 0. The number of unbranched alkanes of at least 4 members (excludes halogenated alkanes) is 2. The lowest BCUT2D eigenvalue weighted by Gasteiger charge is -2.29. The van der Waals surface area contributed by atoms with Crippen LogP contribution >= 0.6 is 0 Å². The molecule has 0 aromatic heterocycles. The summed E-state index contributed by atoms with van der Waals surface area (Å²) in [5, 5.41) is 0. The van der Waals surface area contributed by atoms with E-state index in [1.165, 1.54) is 0 Å². The molecule has 1 aliphatic rings. The van der Waals surface area contributed by atoms with E-state index < -0.39 is 5.91 Å². The van der Waals surface area contributed by atoms with Crippen LogP contribution in [0.2, 0.25) is 0 Å². The van der Waals surface area contributed by atoms with Gasteiger partial charge in [0.05, 0.1) is 0 Å². The number of carbonyl (C=O) groups is 2. The maximum absolute atomic E-state index is 12.0. The number of hydrogen-bond acceptors (Lipinski definition) is 2. The Balaban J connectivity index is 2.27. The van der Waals surface area contributed by atoms with E-state index in [0.717, 1.165) is 43.5 Å². The number of rotatable bonds is 5. The number of nitrogens with zero attached hydrogens (tertiary/aromatic N) is 1. The lowest BCUT2D eigenvalue weighted by molar-refractivity contribution is -0.118. The van der Waals surface area contributed by atoms with Crippen LogP contribution in [-0.4, -0.2) is 18.4 Å². The van der Waals surface area contributed by atoms with E-state index in [4.69, 9.17) is 5.73 Å². The van der Waals surface area contributed by atoms with E-state index in [1.54, 1.807) is 17.0 Å². The molecular formula is C15H20N2O2. The van der Waals surface area contributed by atoms with Gasteiger partial charge in [0.15, 0.2) is 0 Å². The van der Waals surface area contributed by atoms with Crippen molar-refractivity contribution in [2.75, 3.05) is 11.4 Å². The molecule has 0 aliphatic carbocycles. The fourth-order valence-corrected chi connectivity index (χ4v) is 2.46. The number of fused-ring (bicyclic) bond motifs is 1. The molecule has 0 spiro atoms. The highest BCUT2D eigenvalue weighted by Gasteiger charge is 2.24. The zero-order valence-corrected chi connectivity index (χ0v) is 11.3. The normalized spacial score (nSPS) is 14.4. The molecular weight excluding hydrogens is 240 g/mol. The largest absolute Gasteiger partial charge is 0.366 e. The molecule has 2 amide bonds. The number of nitrogens with two attached hydrogens (primary N) is 1. The zero-order valence-electron chi connectivity index (χ0n) is 11.3. The Bertz CT molecular complexity index is 497. The Hall–Kier alpha value is -1.84. The lowest BCUT2D eigenvalue weighted by Crippen LogP contribution is -2.36. The van der Waals surface area contributed by atoms with Crippen LogP contribution in [0.4, 0.5) is 5.69 Å². The third-order valence-corrected chi connectivity index (χ3v) is 3.56. The van der Waals surface area contributed by atoms with Gasteiger partial charge in [-0.3, -0.25) is 9.59 Å². The average molecular weight is 260 g/mol. The van der Waals surface area contributed by atoms with Crippen LogP contribution in [0.1, 0.15) is 48.5 Å². The molecule has 19 heavy (non-hydrogen) atoms. The highest BCUT2D eigenvalue weighted by atomic mass is 16.2. The van der Waals surface area contributed by atoms with E-state index in [9.17, 15) is 9.59 Å². The predicted octanol–water partition coefficient (Wildman–Crippen LogP) is 2.25. The standard InChI is InChI=1S/C15H20N2O2/c1-2-3-4-9-17-13-10-12(15(16)19)6-5-11(13)7-8-14(17)18/h5-6,10H,2-4,7-9H2,1H3,(H2,16,19). The maximum atomic E-state index is 12.0. The molecule has 102 valence electrons. The van der Waals surface area contributed by atoms with Crippen LogP contribution in [-0.2, 0) is 11.2 Å². The average Bonchev–Trinajstić information content (AvgIpc) is 2.40. The molecule has 0 saturated heterocycles. The van der Waals surface area contributed by atoms with Crippen molar-refractivity contribution in [3.63, 3.8) is 0 Å². The second kappa shape index (κ2) is 5.87. The van der Waals surface area contributed by atoms with Gasteiger partial charge in [0.2, 0.25) is 11.8 Å². The van der Waals surface area contributed by atoms with Gasteiger partial charge in [-0.05, 0) is 30.5 Å². The quantitative estimate of drug-likeness (QED) is 0.825. The number of benzene rings is 1. The Kier molecular flexibility index (Phi) is 4.20. The molecule has 0 fully saturated rings. The first kappa shape index (κ1) is 13.6. The van der Waals surface area contributed by atoms with Crippen LogP contribution in [0.15, 0.2) is 18.2 Å². The van der Waals surface area contributed by atoms with Crippen LogP contribution < -0.4 is 10.6 Å². The number of aryl methyl sites for hydroxylation is 1. The first-order valence-electron chi connectivity index (χ1n) is 6.86. The summed E-state index contributed by atoms with van der Waals surface area (Å²) < 4.78 is 0. The minimum atomic E-state index is -0.450. The molecule has 0 unspecified atom stereocenters. The SMILES string of the molecule is CCCCCN1C(=O)CCc2ccc(C(N)=O)cc21. The van der Waals surface area contributed by atoms with Crippen molar-refractivity contribution in [3.05, 3.63) is 29.3 Å². The number of anilines is 1. The summed E-state index contributed by atoms with van der Waals surface area (Å²) in [5.41, 5.74) is 7.76. The van der Waals surface area contributed by atoms with E-state index in [0.29, 0.717) is 12.0 Å². The van der Waals surface area contributed by atoms with Crippen molar-refractivity contribution in [2.45, 2.75) is 39.0 Å². The fraction of sp³-hybridized carbons (Fsp3) is 0.467. The van der Waals surface area contributed by atoms with Gasteiger partial charge in [-0.25, -0.2) is 0 Å². The highest BCUT2D eigenvalue weighted by Crippen LogP contribution is 2.29. The number of primary amides is 1. The van der Waals surface area contributed by atoms with Gasteiger partial charge in [0.25, 0.3) is 0 Å². The topological polar surface area (TPSA) is 63.4 Å². The molecule has 0 atom stereocenters. The van der Waals surface area contributed by atoms with Crippen LogP contribution in [0.25, 0.3) is 0 Å². The zero-order chi connectivity index (χ0) is 13.8. The molecule has 4 nitrogen and oxygen atoms in total. The van der Waals surface area contributed by atoms with Crippen molar-refractivity contribution in [1.29, 1.82) is 0 Å². The van der Waals surface area contributed by atoms with Gasteiger partial charge < -0.3 is 10.6 Å². The van der Waals surface area contributed by atoms with Crippen molar-refractivity contribution in [2.24, 2.45) is 5.73 Å². The summed E-state index contributed by atoms with van der Waals surface area (Å²) in [6, 6.07) is 5.40. The molecule has 1 aromatic carbocycles. The summed E-state index contributed by atoms with van der Waals surface area (Å²) in [5.74, 6) is -0.306. The summed E-state index contributed by atoms with van der Waals surface area (Å²) in [7, 11) is 0. The van der Waals surface area contributed by atoms with Gasteiger partial charge in [-0.1, -0.05) is 25.8 Å². The van der Waals surface area contributed by atoms with E-state index in [1.807, 2.05) is 6.07 Å². The summed E-state index contributed by atoms with van der Waals surface area (Å²) in [6.07, 6.45) is 4.51. The summed E-state index contributed by atoms with van der Waals surface area (Å²) in [6.45, 7) is 2.86. The fourth-order valence-electron chi connectivity index (χ4n) is 2.46. The first-order valence-corrected chi connectivity index (χ1v) is 6.86. The predicted molar refractivity (Wildman–Crippen MR) is 75.2 cm³/mol. The number of hydrogen-bond donors (Lipinski definition) is 1. The highest BCUT2D eigenvalue weighted by molar-refractivity contribution is 5.99. The van der Waals surface area contributed by atoms with Gasteiger partial charge in [0, 0.05) is 24.2 Å². The third-order valence-electron chi connectivity index (χ3n) is 3.56. The van der Waals surface area contributed by atoms with Crippen molar-refractivity contribution in [1.82, 2.24) is 0 Å². The Morgan fingerprint density at radius 2 is 2.11 bits per heavy atom. The van der Waals surface area contributed by atoms with E-state index in [2.05, 4.69) is 6.92 Å². The lowest BCUT2D eigenvalue weighted by atomic mass is 9.98. The maximum Gasteiger partial charge on any atom is 0.248 e. The molecule has 0 bridgehead atoms. The van der Waals surface area contributed by atoms with Gasteiger partial charge in [0.1, 0.15) is 0 Å². The van der Waals surface area contributed by atoms with Crippen LogP contribution in [0.5, 0.6) is 0 Å². The number of carbonyl (C=O) groups excluding carboxylic acids is 2. The molecule has 4 heteroatoms. The van der Waals surface area contributed by atoms with E-state index >= 15 is 0 Å². The van der Waals surface area contributed by atoms with Crippen LogP contribution in [0, 0.1) is 0 Å². The molecule has 1 aliphatic heterocycles. The Labute approximate surface area is 113 Å². The second-order valence-electron chi connectivity index (χ2n) is 4.96. The minimum Gasteiger partial charge on any atom is -0.366 e. The second-order valence-corrected chi connectivity index (χ2v) is 4.96. The van der Waals surface area contributed by atoms with Crippen LogP contribution in [0.3, 0.4) is 0 Å². The Morgan fingerprint density at radius 3 is 2.79 bits per heavy atom. The van der Waals surface area contributed by atoms with Gasteiger partial charge in [-0.15, -0.1) is 0 Å². The van der Waals surface area contributed by atoms with Gasteiger partial charge >= 0.3 is 0 Å². The minimum absolute atomic E-state index is 0.144. The Morgan fingerprint density at radius 1 is 1.32 bits per heavy atom. The molecule has 1 aromatic rings. The smallest absolute Gasteiger partial charge is 0.248 e. The monoisotopic (exact) mass is 260 g/mol. The molecule has 2 rings (SSSR count). The van der Waals surface area contributed by atoms with Crippen molar-refractivity contribution >= 4 is 17.5 Å². The van der Waals surface area contributed by atoms with Crippen molar-refractivity contribution in [3.8, 4) is 0 Å².